The van der Waals surface area contributed by atoms with Crippen molar-refractivity contribution in [1.29, 1.82) is 0 Å². The normalized spacial score (nSPS) is 19.0. The highest BCUT2D eigenvalue weighted by molar-refractivity contribution is 5.88. The molecule has 2 fully saturated rings. The van der Waals surface area contributed by atoms with Gasteiger partial charge in [0.1, 0.15) is 17.9 Å². The minimum Gasteiger partial charge on any atom is -0.483 e. The molecule has 2 aliphatic rings. The molecule has 0 radical (unpaired) electrons. The summed E-state index contributed by atoms with van der Waals surface area (Å²) in [5, 5.41) is 0.704. The first-order valence-electron chi connectivity index (χ1n) is 9.24. The van der Waals surface area contributed by atoms with E-state index in [4.69, 9.17) is 13.9 Å². The Kier molecular flexibility index (Phi) is 4.49. The Morgan fingerprint density at radius 2 is 1.96 bits per heavy atom. The van der Waals surface area contributed by atoms with Crippen LogP contribution in [0.1, 0.15) is 16.7 Å². The van der Waals surface area contributed by atoms with E-state index in [-0.39, 0.29) is 30.3 Å². The summed E-state index contributed by atoms with van der Waals surface area (Å²) in [4.78, 5) is 39.5. The first-order chi connectivity index (χ1) is 13.3. The van der Waals surface area contributed by atoms with Crippen LogP contribution in [-0.4, -0.2) is 60.7 Å². The van der Waals surface area contributed by atoms with Crippen LogP contribution >= 0.6 is 0 Å². The monoisotopic (exact) mass is 386 g/mol. The molecular weight excluding hydrogens is 364 g/mol. The Morgan fingerprint density at radius 1 is 1.18 bits per heavy atom. The van der Waals surface area contributed by atoms with Gasteiger partial charge in [-0.15, -0.1) is 0 Å². The van der Waals surface area contributed by atoms with Gasteiger partial charge in [-0.2, -0.15) is 0 Å². The van der Waals surface area contributed by atoms with Crippen molar-refractivity contribution in [1.82, 2.24) is 9.80 Å². The zero-order valence-corrected chi connectivity index (χ0v) is 16.1. The molecule has 0 N–H and O–H groups in total. The molecule has 2 saturated heterocycles. The number of hydrogen-bond donors (Lipinski definition) is 0. The molecule has 1 aromatic heterocycles. The number of fused-ring (bicyclic) bond motifs is 2. The van der Waals surface area contributed by atoms with Crippen molar-refractivity contribution in [2.75, 3.05) is 32.8 Å². The van der Waals surface area contributed by atoms with E-state index in [1.807, 2.05) is 19.9 Å². The zero-order valence-electron chi connectivity index (χ0n) is 16.1. The van der Waals surface area contributed by atoms with Crippen LogP contribution in [0, 0.1) is 20.8 Å². The number of ether oxygens (including phenoxy) is 2. The van der Waals surface area contributed by atoms with Gasteiger partial charge in [-0.25, -0.2) is 9.59 Å². The van der Waals surface area contributed by atoms with Gasteiger partial charge in [0.2, 0.25) is 0 Å². The van der Waals surface area contributed by atoms with Crippen molar-refractivity contribution in [3.05, 3.63) is 39.2 Å². The predicted molar refractivity (Wildman–Crippen MR) is 101 cm³/mol. The minimum atomic E-state index is -0.371. The lowest BCUT2D eigenvalue weighted by molar-refractivity contribution is -0.135. The largest absolute Gasteiger partial charge is 0.483 e. The second-order valence-electron chi connectivity index (χ2n) is 7.33. The van der Waals surface area contributed by atoms with Gasteiger partial charge < -0.3 is 18.8 Å². The second-order valence-corrected chi connectivity index (χ2v) is 7.33. The number of rotatable bonds is 3. The summed E-state index contributed by atoms with van der Waals surface area (Å²) in [7, 11) is 0. The molecular formula is C20H22N2O6. The molecule has 2 aliphatic heterocycles. The van der Waals surface area contributed by atoms with Gasteiger partial charge >= 0.3 is 11.7 Å². The van der Waals surface area contributed by atoms with Gasteiger partial charge in [-0.05, 0) is 44.0 Å². The number of carbonyl (C=O) groups is 2. The van der Waals surface area contributed by atoms with E-state index in [0.717, 1.165) is 11.1 Å². The van der Waals surface area contributed by atoms with Crippen LogP contribution in [0.2, 0.25) is 0 Å². The lowest BCUT2D eigenvalue weighted by Gasteiger charge is -2.35. The van der Waals surface area contributed by atoms with Crippen molar-refractivity contribution in [2.24, 2.45) is 0 Å². The Bertz CT molecular complexity index is 1030. The number of piperazine rings is 1. The molecule has 4 rings (SSSR count). The number of nitrogens with zero attached hydrogens (tertiary/aromatic N) is 2. The first kappa shape index (κ1) is 18.3. The average molecular weight is 386 g/mol. The van der Waals surface area contributed by atoms with Crippen LogP contribution in [0.3, 0.4) is 0 Å². The number of hydrogen-bond acceptors (Lipinski definition) is 6. The van der Waals surface area contributed by atoms with Crippen molar-refractivity contribution < 1.29 is 23.5 Å². The summed E-state index contributed by atoms with van der Waals surface area (Å²) < 4.78 is 16.3. The number of benzene rings is 1. The fourth-order valence-corrected chi connectivity index (χ4v) is 3.75. The highest BCUT2D eigenvalue weighted by atomic mass is 16.6. The van der Waals surface area contributed by atoms with Gasteiger partial charge in [-0.3, -0.25) is 9.69 Å². The lowest BCUT2D eigenvalue weighted by Crippen LogP contribution is -2.54. The third-order valence-corrected chi connectivity index (χ3v) is 5.48. The number of amides is 2. The van der Waals surface area contributed by atoms with Gasteiger partial charge in [0, 0.05) is 25.2 Å². The molecule has 1 aromatic carbocycles. The molecule has 0 bridgehead atoms. The molecule has 8 nitrogen and oxygen atoms in total. The molecule has 2 amide bonds. The number of cyclic esters (lactones) is 1. The highest BCUT2D eigenvalue weighted by Crippen LogP contribution is 2.31. The van der Waals surface area contributed by atoms with Crippen LogP contribution in [0.5, 0.6) is 5.75 Å². The summed E-state index contributed by atoms with van der Waals surface area (Å²) in [6, 6.07) is 3.53. The van der Waals surface area contributed by atoms with Crippen LogP contribution < -0.4 is 10.4 Å². The quantitative estimate of drug-likeness (QED) is 0.747. The third-order valence-electron chi connectivity index (χ3n) is 5.48. The summed E-state index contributed by atoms with van der Waals surface area (Å²) in [5.41, 5.74) is 2.25. The molecule has 148 valence electrons. The fraction of sp³-hybridized carbons (Fsp3) is 0.450. The summed E-state index contributed by atoms with van der Waals surface area (Å²) in [6.45, 7) is 6.96. The third kappa shape index (κ3) is 3.08. The summed E-state index contributed by atoms with van der Waals surface area (Å²) >= 11 is 0. The highest BCUT2D eigenvalue weighted by Gasteiger charge is 2.38. The summed E-state index contributed by atoms with van der Waals surface area (Å²) in [5.74, 6) is 0.367. The van der Waals surface area contributed by atoms with Gasteiger partial charge in [0.15, 0.2) is 6.61 Å². The molecule has 1 unspecified atom stereocenters. The molecule has 28 heavy (non-hydrogen) atoms. The van der Waals surface area contributed by atoms with Gasteiger partial charge in [0.05, 0.1) is 11.4 Å². The fourth-order valence-electron chi connectivity index (χ4n) is 3.75. The standard InChI is InChI=1S/C20H22N2O6/c1-11-6-15(18-12(2)13(3)19(24)28-16(18)7-11)26-10-17(23)21-4-5-22-14(8-21)9-27-20(22)25/h6-7,14H,4-5,8-10H2,1-3H3. The minimum absolute atomic E-state index is 0.0934. The topological polar surface area (TPSA) is 89.3 Å². The van der Waals surface area contributed by atoms with E-state index >= 15 is 0 Å². The van der Waals surface area contributed by atoms with E-state index in [9.17, 15) is 14.4 Å². The van der Waals surface area contributed by atoms with Crippen LogP contribution in [0.15, 0.2) is 21.3 Å². The Morgan fingerprint density at radius 3 is 2.75 bits per heavy atom. The lowest BCUT2D eigenvalue weighted by atomic mass is 10.0. The zero-order chi connectivity index (χ0) is 20.0. The number of carbonyl (C=O) groups excluding carboxylic acids is 2. The Hall–Kier alpha value is -3.03. The maximum Gasteiger partial charge on any atom is 0.410 e. The van der Waals surface area contributed by atoms with Crippen molar-refractivity contribution in [3.63, 3.8) is 0 Å². The second kappa shape index (κ2) is 6.85. The van der Waals surface area contributed by atoms with Gasteiger partial charge in [-0.1, -0.05) is 0 Å². The maximum absolute atomic E-state index is 12.7. The predicted octanol–water partition coefficient (Wildman–Crippen LogP) is 1.76. The number of aryl methyl sites for hydroxylation is 2. The average Bonchev–Trinajstić information content (AvgIpc) is 3.04. The molecule has 0 saturated carbocycles. The van der Waals surface area contributed by atoms with E-state index in [0.29, 0.717) is 48.5 Å². The molecule has 8 heteroatoms. The van der Waals surface area contributed by atoms with Crippen molar-refractivity contribution >= 4 is 23.0 Å². The molecule has 1 atom stereocenters. The van der Waals surface area contributed by atoms with Crippen LogP contribution in [-0.2, 0) is 9.53 Å². The van der Waals surface area contributed by atoms with Crippen LogP contribution in [0.4, 0.5) is 4.79 Å². The Balaban J connectivity index is 1.53. The van der Waals surface area contributed by atoms with E-state index < -0.39 is 0 Å². The van der Waals surface area contributed by atoms with E-state index in [1.165, 1.54) is 0 Å². The van der Waals surface area contributed by atoms with Crippen LogP contribution in [0.25, 0.3) is 11.0 Å². The SMILES string of the molecule is Cc1cc(OCC(=O)N2CCN3C(=O)OCC3C2)c2c(C)c(C)c(=O)oc2c1. The van der Waals surface area contributed by atoms with E-state index in [2.05, 4.69) is 0 Å². The van der Waals surface area contributed by atoms with E-state index in [1.54, 1.807) is 22.8 Å². The van der Waals surface area contributed by atoms with Crippen molar-refractivity contribution in [3.8, 4) is 5.75 Å². The molecule has 2 aromatic rings. The van der Waals surface area contributed by atoms with Crippen molar-refractivity contribution in [2.45, 2.75) is 26.8 Å². The maximum atomic E-state index is 12.7. The Labute approximate surface area is 161 Å². The molecule has 0 spiro atoms. The first-order valence-corrected chi connectivity index (χ1v) is 9.24. The van der Waals surface area contributed by atoms with Gasteiger partial charge in [0.25, 0.3) is 5.91 Å². The molecule has 0 aliphatic carbocycles. The summed E-state index contributed by atoms with van der Waals surface area (Å²) in [6.07, 6.45) is -0.313. The smallest absolute Gasteiger partial charge is 0.410 e. The molecule has 3 heterocycles.